The molecule has 1 fully saturated rings. The number of aryl methyl sites for hydroxylation is 1. The van der Waals surface area contributed by atoms with Crippen molar-refractivity contribution in [3.63, 3.8) is 0 Å². The lowest BCUT2D eigenvalue weighted by atomic mass is 10.2. The molecule has 0 spiro atoms. The Morgan fingerprint density at radius 3 is 2.60 bits per heavy atom. The first-order chi connectivity index (χ1) is 9.54. The Morgan fingerprint density at radius 2 is 2.00 bits per heavy atom. The van der Waals surface area contributed by atoms with E-state index in [0.717, 1.165) is 17.5 Å². The standard InChI is InChI=1S/C13H15N3O4/c1-3-20-10-9-8(11(17)14-15(2)12(9)18)6-16(13(10)19)7-4-5-7/h6-7H,3-5H2,1-2H3,(H,14,17). The highest BCUT2D eigenvalue weighted by atomic mass is 16.5. The van der Waals surface area contributed by atoms with Gasteiger partial charge in [-0.05, 0) is 19.8 Å². The van der Waals surface area contributed by atoms with Crippen LogP contribution in [0.25, 0.3) is 10.8 Å². The minimum atomic E-state index is -0.442. The number of nitrogens with one attached hydrogen (secondary N) is 1. The number of nitrogens with zero attached hydrogens (tertiary/aromatic N) is 2. The molecule has 1 N–H and O–H groups in total. The van der Waals surface area contributed by atoms with Crippen LogP contribution >= 0.6 is 0 Å². The van der Waals surface area contributed by atoms with Gasteiger partial charge in [-0.1, -0.05) is 0 Å². The van der Waals surface area contributed by atoms with Crippen molar-refractivity contribution in [3.8, 4) is 5.75 Å². The lowest BCUT2D eigenvalue weighted by Gasteiger charge is -2.11. The third kappa shape index (κ3) is 1.77. The van der Waals surface area contributed by atoms with Gasteiger partial charge in [-0.2, -0.15) is 0 Å². The van der Waals surface area contributed by atoms with E-state index in [-0.39, 0.29) is 34.7 Å². The fourth-order valence-corrected chi connectivity index (χ4v) is 2.33. The van der Waals surface area contributed by atoms with Gasteiger partial charge in [0.15, 0.2) is 5.75 Å². The van der Waals surface area contributed by atoms with Gasteiger partial charge < -0.3 is 9.30 Å². The normalized spacial score (nSPS) is 14.7. The quantitative estimate of drug-likeness (QED) is 0.863. The summed E-state index contributed by atoms with van der Waals surface area (Å²) in [5, 5.41) is 2.69. The second kappa shape index (κ2) is 4.36. The second-order valence-corrected chi connectivity index (χ2v) is 4.93. The van der Waals surface area contributed by atoms with Crippen molar-refractivity contribution >= 4 is 10.8 Å². The van der Waals surface area contributed by atoms with Crippen LogP contribution < -0.4 is 21.4 Å². The molecule has 2 aromatic rings. The number of rotatable bonds is 3. The largest absolute Gasteiger partial charge is 0.488 e. The van der Waals surface area contributed by atoms with Crippen LogP contribution in [0.2, 0.25) is 0 Å². The van der Waals surface area contributed by atoms with Crippen molar-refractivity contribution in [2.45, 2.75) is 25.8 Å². The van der Waals surface area contributed by atoms with Gasteiger partial charge >= 0.3 is 0 Å². The molecule has 2 aromatic heterocycles. The Bertz CT molecular complexity index is 855. The molecule has 1 saturated carbocycles. The van der Waals surface area contributed by atoms with Crippen molar-refractivity contribution < 1.29 is 4.74 Å². The number of H-pyrrole nitrogens is 1. The van der Waals surface area contributed by atoms with E-state index in [2.05, 4.69) is 5.10 Å². The summed E-state index contributed by atoms with van der Waals surface area (Å²) in [6.07, 6.45) is 3.28. The van der Waals surface area contributed by atoms with E-state index in [0.29, 0.717) is 0 Å². The highest BCUT2D eigenvalue weighted by molar-refractivity contribution is 5.85. The number of hydrogen-bond acceptors (Lipinski definition) is 4. The fourth-order valence-electron chi connectivity index (χ4n) is 2.33. The molecule has 1 aliphatic carbocycles. The van der Waals surface area contributed by atoms with Gasteiger partial charge in [0.05, 0.1) is 12.0 Å². The molecule has 20 heavy (non-hydrogen) atoms. The first kappa shape index (κ1) is 12.7. The van der Waals surface area contributed by atoms with Crippen LogP contribution in [0.3, 0.4) is 0 Å². The summed E-state index contributed by atoms with van der Waals surface area (Å²) in [6.45, 7) is 1.99. The number of ether oxygens (including phenoxy) is 1. The van der Waals surface area contributed by atoms with Gasteiger partial charge in [0.1, 0.15) is 5.39 Å². The van der Waals surface area contributed by atoms with Crippen molar-refractivity contribution in [3.05, 3.63) is 37.3 Å². The van der Waals surface area contributed by atoms with Crippen molar-refractivity contribution in [2.24, 2.45) is 7.05 Å². The van der Waals surface area contributed by atoms with Crippen LogP contribution in [0.5, 0.6) is 5.75 Å². The van der Waals surface area contributed by atoms with Gasteiger partial charge in [0, 0.05) is 19.3 Å². The van der Waals surface area contributed by atoms with E-state index in [4.69, 9.17) is 4.74 Å². The number of hydrogen-bond donors (Lipinski definition) is 1. The van der Waals surface area contributed by atoms with E-state index in [1.807, 2.05) is 0 Å². The Kier molecular flexibility index (Phi) is 2.77. The first-order valence-corrected chi connectivity index (χ1v) is 6.55. The predicted molar refractivity (Wildman–Crippen MR) is 73.5 cm³/mol. The Labute approximate surface area is 113 Å². The summed E-state index contributed by atoms with van der Waals surface area (Å²) in [6, 6.07) is 0.106. The number of fused-ring (bicyclic) bond motifs is 1. The predicted octanol–water partition coefficient (Wildman–Crippen LogP) is 0.122. The molecule has 0 radical (unpaired) electrons. The van der Waals surface area contributed by atoms with E-state index < -0.39 is 11.1 Å². The zero-order chi connectivity index (χ0) is 14.4. The van der Waals surface area contributed by atoms with Gasteiger partial charge in [-0.3, -0.25) is 24.2 Å². The molecule has 2 heterocycles. The molecule has 0 unspecified atom stereocenters. The van der Waals surface area contributed by atoms with Crippen LogP contribution in [0, 0.1) is 0 Å². The Hall–Kier alpha value is -2.31. The van der Waals surface area contributed by atoms with Crippen LogP contribution in [-0.4, -0.2) is 21.0 Å². The smallest absolute Gasteiger partial charge is 0.294 e. The van der Waals surface area contributed by atoms with E-state index in [9.17, 15) is 14.4 Å². The van der Waals surface area contributed by atoms with Crippen LogP contribution in [0.4, 0.5) is 0 Å². The lowest BCUT2D eigenvalue weighted by molar-refractivity contribution is 0.336. The molecule has 0 atom stereocenters. The average molecular weight is 277 g/mol. The molecule has 7 nitrogen and oxygen atoms in total. The third-order valence-corrected chi connectivity index (χ3v) is 3.45. The zero-order valence-corrected chi connectivity index (χ0v) is 11.3. The summed E-state index contributed by atoms with van der Waals surface area (Å²) >= 11 is 0. The van der Waals surface area contributed by atoms with Crippen molar-refractivity contribution in [1.29, 1.82) is 0 Å². The van der Waals surface area contributed by atoms with E-state index in [1.54, 1.807) is 6.92 Å². The van der Waals surface area contributed by atoms with E-state index >= 15 is 0 Å². The SMILES string of the molecule is CCOc1c(=O)n(C2CC2)cc2c(=O)[nH]n(C)c(=O)c12. The molecular formula is C13H15N3O4. The van der Waals surface area contributed by atoms with Crippen molar-refractivity contribution in [2.75, 3.05) is 6.61 Å². The average Bonchev–Trinajstić information content (AvgIpc) is 3.23. The fraction of sp³-hybridized carbons (Fsp3) is 0.462. The maximum atomic E-state index is 12.4. The molecule has 3 rings (SSSR count). The van der Waals surface area contributed by atoms with Crippen molar-refractivity contribution in [1.82, 2.24) is 14.3 Å². The maximum absolute atomic E-state index is 12.4. The summed E-state index contributed by atoms with van der Waals surface area (Å²) in [5.41, 5.74) is -1.19. The number of aromatic nitrogens is 3. The minimum absolute atomic E-state index is 0.0244. The molecule has 0 bridgehead atoms. The van der Waals surface area contributed by atoms with Gasteiger partial charge in [-0.15, -0.1) is 0 Å². The van der Waals surface area contributed by atoms with Gasteiger partial charge in [0.2, 0.25) is 0 Å². The highest BCUT2D eigenvalue weighted by Gasteiger charge is 2.28. The summed E-state index contributed by atoms with van der Waals surface area (Å²) in [7, 11) is 1.44. The Balaban J connectivity index is 2.51. The minimum Gasteiger partial charge on any atom is -0.488 e. The zero-order valence-electron chi connectivity index (χ0n) is 11.3. The van der Waals surface area contributed by atoms with Gasteiger partial charge in [0.25, 0.3) is 16.7 Å². The lowest BCUT2D eigenvalue weighted by Crippen LogP contribution is -2.32. The highest BCUT2D eigenvalue weighted by Crippen LogP contribution is 2.34. The monoisotopic (exact) mass is 277 g/mol. The first-order valence-electron chi connectivity index (χ1n) is 6.55. The molecule has 7 heteroatoms. The summed E-state index contributed by atoms with van der Waals surface area (Å²) in [4.78, 5) is 36.6. The van der Waals surface area contributed by atoms with Gasteiger partial charge in [-0.25, -0.2) is 0 Å². The molecule has 106 valence electrons. The summed E-state index contributed by atoms with van der Waals surface area (Å²) < 4.78 is 7.93. The topological polar surface area (TPSA) is 86.1 Å². The molecule has 0 aliphatic heterocycles. The van der Waals surface area contributed by atoms with Crippen LogP contribution in [-0.2, 0) is 7.05 Å². The van der Waals surface area contributed by atoms with E-state index in [1.165, 1.54) is 17.8 Å². The molecular weight excluding hydrogens is 262 g/mol. The number of aromatic amines is 1. The third-order valence-electron chi connectivity index (χ3n) is 3.45. The molecule has 1 aliphatic rings. The van der Waals surface area contributed by atoms with Crippen LogP contribution in [0.1, 0.15) is 25.8 Å². The molecule has 0 saturated heterocycles. The van der Waals surface area contributed by atoms with Crippen LogP contribution in [0.15, 0.2) is 20.6 Å². The molecule has 0 aromatic carbocycles. The summed E-state index contributed by atoms with van der Waals surface area (Å²) in [5.74, 6) is -0.0244. The molecule has 0 amide bonds. The maximum Gasteiger partial charge on any atom is 0.294 e. The number of pyridine rings is 1. The second-order valence-electron chi connectivity index (χ2n) is 4.93. The Morgan fingerprint density at radius 1 is 1.30 bits per heavy atom.